The monoisotopic (exact) mass is 433 g/mol. The second kappa shape index (κ2) is 10.8. The Morgan fingerprint density at radius 2 is 1.75 bits per heavy atom. The molecule has 0 bridgehead atoms. The van der Waals surface area contributed by atoms with Gasteiger partial charge in [0.2, 0.25) is 11.8 Å². The Hall–Kier alpha value is -2.66. The van der Waals surface area contributed by atoms with Gasteiger partial charge in [0.05, 0.1) is 0 Å². The summed E-state index contributed by atoms with van der Waals surface area (Å²) in [5, 5.41) is 6.05. The second-order valence-electron chi connectivity index (χ2n) is 9.34. The predicted molar refractivity (Wildman–Crippen MR) is 128 cm³/mol. The fraction of sp³-hybridized carbons (Fsp3) is 0.481. The van der Waals surface area contributed by atoms with Gasteiger partial charge in [-0.05, 0) is 55.5 Å². The molecule has 1 atom stereocenters. The van der Waals surface area contributed by atoms with Gasteiger partial charge in [-0.1, -0.05) is 61.7 Å². The van der Waals surface area contributed by atoms with Crippen molar-refractivity contribution in [2.75, 3.05) is 12.4 Å². The lowest BCUT2D eigenvalue weighted by atomic mass is 9.89. The van der Waals surface area contributed by atoms with Crippen molar-refractivity contribution in [2.45, 2.75) is 70.5 Å². The maximum atomic E-state index is 12.5. The molecule has 1 fully saturated rings. The average molecular weight is 434 g/mol. The molecule has 1 heterocycles. The molecule has 5 nitrogen and oxygen atoms in total. The van der Waals surface area contributed by atoms with E-state index in [4.69, 9.17) is 0 Å². The first kappa shape index (κ1) is 22.5. The van der Waals surface area contributed by atoms with E-state index >= 15 is 0 Å². The van der Waals surface area contributed by atoms with Crippen molar-refractivity contribution in [1.82, 2.24) is 10.2 Å². The molecule has 1 aliphatic heterocycles. The molecule has 5 heteroatoms. The lowest BCUT2D eigenvalue weighted by Gasteiger charge is -2.31. The van der Waals surface area contributed by atoms with Crippen LogP contribution >= 0.6 is 0 Å². The Morgan fingerprint density at radius 1 is 1.03 bits per heavy atom. The molecule has 2 aromatic carbocycles. The minimum Gasteiger partial charge on any atom is -0.352 e. The lowest BCUT2D eigenvalue weighted by Crippen LogP contribution is -2.33. The van der Waals surface area contributed by atoms with Crippen LogP contribution in [-0.2, 0) is 29.1 Å². The zero-order valence-electron chi connectivity index (χ0n) is 19.1. The number of hydrogen-bond donors (Lipinski definition) is 2. The zero-order chi connectivity index (χ0) is 22.3. The van der Waals surface area contributed by atoms with Crippen LogP contribution in [0.1, 0.15) is 61.6 Å². The highest BCUT2D eigenvalue weighted by Crippen LogP contribution is 2.27. The SMILES string of the molecule is CN(Cc1ccccc1CNC(=O)CCC1Cc2ccccc2NC1=O)C1CCCCC1. The number of nitrogens with one attached hydrogen (secondary N) is 2. The highest BCUT2D eigenvalue weighted by Gasteiger charge is 2.26. The first-order valence-corrected chi connectivity index (χ1v) is 12.0. The summed E-state index contributed by atoms with van der Waals surface area (Å²) in [5.41, 5.74) is 4.50. The summed E-state index contributed by atoms with van der Waals surface area (Å²) >= 11 is 0. The summed E-state index contributed by atoms with van der Waals surface area (Å²) < 4.78 is 0. The molecule has 2 aromatic rings. The number of carbonyl (C=O) groups excluding carboxylic acids is 2. The van der Waals surface area contributed by atoms with Crippen molar-refractivity contribution >= 4 is 17.5 Å². The van der Waals surface area contributed by atoms with E-state index in [0.717, 1.165) is 17.8 Å². The molecule has 0 aromatic heterocycles. The number of benzene rings is 2. The van der Waals surface area contributed by atoms with E-state index in [1.165, 1.54) is 43.2 Å². The van der Waals surface area contributed by atoms with Crippen molar-refractivity contribution in [3.63, 3.8) is 0 Å². The van der Waals surface area contributed by atoms with Gasteiger partial charge in [0.1, 0.15) is 0 Å². The summed E-state index contributed by atoms with van der Waals surface area (Å²) in [6.07, 6.45) is 8.23. The zero-order valence-corrected chi connectivity index (χ0v) is 19.1. The molecular formula is C27H35N3O2. The highest BCUT2D eigenvalue weighted by atomic mass is 16.2. The molecule has 170 valence electrons. The first-order chi connectivity index (χ1) is 15.6. The third kappa shape index (κ3) is 5.77. The Bertz CT molecular complexity index is 936. The average Bonchev–Trinajstić information content (AvgIpc) is 2.82. The summed E-state index contributed by atoms with van der Waals surface area (Å²) in [5.74, 6) is -0.119. The third-order valence-electron chi connectivity index (χ3n) is 7.04. The van der Waals surface area contributed by atoms with Crippen molar-refractivity contribution in [3.8, 4) is 0 Å². The minimum absolute atomic E-state index is 0.00657. The van der Waals surface area contributed by atoms with Gasteiger partial charge in [-0.25, -0.2) is 0 Å². The Balaban J connectivity index is 1.27. The number of amides is 2. The molecule has 1 aliphatic carbocycles. The van der Waals surface area contributed by atoms with Crippen LogP contribution in [0.15, 0.2) is 48.5 Å². The second-order valence-corrected chi connectivity index (χ2v) is 9.34. The van der Waals surface area contributed by atoms with Crippen LogP contribution in [0.2, 0.25) is 0 Å². The van der Waals surface area contributed by atoms with Crippen LogP contribution in [0.4, 0.5) is 5.69 Å². The Kier molecular flexibility index (Phi) is 7.59. The molecule has 4 rings (SSSR count). The van der Waals surface area contributed by atoms with E-state index in [0.29, 0.717) is 31.8 Å². The molecule has 2 N–H and O–H groups in total. The highest BCUT2D eigenvalue weighted by molar-refractivity contribution is 5.96. The molecule has 1 unspecified atom stereocenters. The molecule has 32 heavy (non-hydrogen) atoms. The summed E-state index contributed by atoms with van der Waals surface area (Å²) in [4.78, 5) is 27.4. The van der Waals surface area contributed by atoms with Crippen LogP contribution in [0, 0.1) is 5.92 Å². The normalized spacial score (nSPS) is 18.8. The summed E-state index contributed by atoms with van der Waals surface area (Å²) in [6.45, 7) is 1.45. The van der Waals surface area contributed by atoms with E-state index < -0.39 is 0 Å². The van der Waals surface area contributed by atoms with Gasteiger partial charge in [-0.3, -0.25) is 14.5 Å². The molecule has 0 saturated heterocycles. The number of nitrogens with zero attached hydrogens (tertiary/aromatic N) is 1. The van der Waals surface area contributed by atoms with Crippen molar-refractivity contribution in [2.24, 2.45) is 5.92 Å². The summed E-state index contributed by atoms with van der Waals surface area (Å²) in [6, 6.07) is 17.0. The van der Waals surface area contributed by atoms with Crippen LogP contribution in [0.3, 0.4) is 0 Å². The van der Waals surface area contributed by atoms with E-state index in [2.05, 4.69) is 40.8 Å². The van der Waals surface area contributed by atoms with Crippen molar-refractivity contribution in [3.05, 3.63) is 65.2 Å². The minimum atomic E-state index is -0.146. The maximum absolute atomic E-state index is 12.5. The van der Waals surface area contributed by atoms with E-state index in [1.807, 2.05) is 30.3 Å². The van der Waals surface area contributed by atoms with E-state index in [9.17, 15) is 9.59 Å². The molecule has 2 aliphatic rings. The number of hydrogen-bond acceptors (Lipinski definition) is 3. The van der Waals surface area contributed by atoms with Gasteiger partial charge in [-0.15, -0.1) is 0 Å². The molecule has 0 radical (unpaired) electrons. The van der Waals surface area contributed by atoms with Gasteiger partial charge >= 0.3 is 0 Å². The van der Waals surface area contributed by atoms with Crippen LogP contribution in [-0.4, -0.2) is 29.8 Å². The number of rotatable bonds is 8. The van der Waals surface area contributed by atoms with E-state index in [1.54, 1.807) is 0 Å². The number of carbonyl (C=O) groups is 2. The van der Waals surface area contributed by atoms with Gasteiger partial charge in [0, 0.05) is 37.2 Å². The quantitative estimate of drug-likeness (QED) is 0.637. The number of fused-ring (bicyclic) bond motifs is 1. The molecule has 0 spiro atoms. The lowest BCUT2D eigenvalue weighted by molar-refractivity contribution is -0.122. The Morgan fingerprint density at radius 3 is 2.56 bits per heavy atom. The fourth-order valence-electron chi connectivity index (χ4n) is 5.04. The summed E-state index contributed by atoms with van der Waals surface area (Å²) in [7, 11) is 2.22. The predicted octanol–water partition coefficient (Wildman–Crippen LogP) is 4.66. The largest absolute Gasteiger partial charge is 0.352 e. The van der Waals surface area contributed by atoms with Gasteiger partial charge in [-0.2, -0.15) is 0 Å². The van der Waals surface area contributed by atoms with Gasteiger partial charge in [0.25, 0.3) is 0 Å². The van der Waals surface area contributed by atoms with Crippen LogP contribution in [0.25, 0.3) is 0 Å². The van der Waals surface area contributed by atoms with Crippen molar-refractivity contribution < 1.29 is 9.59 Å². The van der Waals surface area contributed by atoms with Gasteiger partial charge < -0.3 is 10.6 Å². The van der Waals surface area contributed by atoms with Crippen LogP contribution in [0.5, 0.6) is 0 Å². The molecule has 2 amide bonds. The van der Waals surface area contributed by atoms with Crippen LogP contribution < -0.4 is 10.6 Å². The first-order valence-electron chi connectivity index (χ1n) is 12.0. The third-order valence-corrected chi connectivity index (χ3v) is 7.04. The fourth-order valence-corrected chi connectivity index (χ4v) is 5.04. The Labute approximate surface area is 191 Å². The van der Waals surface area contributed by atoms with Gasteiger partial charge in [0.15, 0.2) is 0 Å². The number of anilines is 1. The topological polar surface area (TPSA) is 61.4 Å². The number of para-hydroxylation sites is 1. The smallest absolute Gasteiger partial charge is 0.227 e. The van der Waals surface area contributed by atoms with E-state index in [-0.39, 0.29) is 17.7 Å². The molecule has 1 saturated carbocycles. The van der Waals surface area contributed by atoms with Crippen molar-refractivity contribution in [1.29, 1.82) is 0 Å². The molecular weight excluding hydrogens is 398 g/mol. The standard InChI is InChI=1S/C27H35N3O2/c1-30(24-12-3-2-4-13-24)19-23-11-6-5-10-22(23)18-28-26(31)16-15-21-17-20-9-7-8-14-25(20)29-27(21)32/h5-11,14,21,24H,2-4,12-13,15-19H2,1H3,(H,28,31)(H,29,32). The maximum Gasteiger partial charge on any atom is 0.227 e.